The van der Waals surface area contributed by atoms with Crippen molar-refractivity contribution >= 4 is 46.2 Å². The number of halogens is 1. The molecular weight excluding hydrogens is 564 g/mol. The fourth-order valence-electron chi connectivity index (χ4n) is 4.92. The molecule has 12 heteroatoms. The third kappa shape index (κ3) is 6.80. The van der Waals surface area contributed by atoms with E-state index in [9.17, 15) is 14.4 Å². The molecule has 0 bridgehead atoms. The second-order valence-corrected chi connectivity index (χ2v) is 10.3. The standard InChI is InChI=1S/C30H31ClN4O7/c1-2-41-22-11-8-20-16-23(29(31)32-24(20)17-22)26-18-25(33-35(26)27(36)4-3-5-28(37)38)19-6-9-21(10-7-19)42-30(39)34-12-14-40-15-13-34/h6-11,16-17,26H,2-5,12-15,18H2,1H3,(H,37,38). The lowest BCUT2D eigenvalue weighted by Crippen LogP contribution is -2.42. The molecule has 1 N–H and O–H groups in total. The van der Waals surface area contributed by atoms with Crippen molar-refractivity contribution in [3.05, 3.63) is 64.8 Å². The van der Waals surface area contributed by atoms with Gasteiger partial charge in [0, 0.05) is 49.4 Å². The van der Waals surface area contributed by atoms with Crippen LogP contribution in [0.25, 0.3) is 10.9 Å². The van der Waals surface area contributed by atoms with Crippen molar-refractivity contribution in [2.75, 3.05) is 32.9 Å². The zero-order valence-electron chi connectivity index (χ0n) is 23.1. The van der Waals surface area contributed by atoms with Gasteiger partial charge in [0.1, 0.15) is 16.7 Å². The molecular formula is C30H31ClN4O7. The summed E-state index contributed by atoms with van der Waals surface area (Å²) in [7, 11) is 0. The van der Waals surface area contributed by atoms with Crippen LogP contribution < -0.4 is 9.47 Å². The summed E-state index contributed by atoms with van der Waals surface area (Å²) in [6, 6.07) is 13.8. The largest absolute Gasteiger partial charge is 0.494 e. The third-order valence-electron chi connectivity index (χ3n) is 7.05. The number of aliphatic carboxylic acids is 1. The number of benzene rings is 2. The van der Waals surface area contributed by atoms with Crippen molar-refractivity contribution < 1.29 is 33.7 Å². The Hall–Kier alpha value is -4.22. The van der Waals surface area contributed by atoms with E-state index in [-0.39, 0.29) is 30.3 Å². The van der Waals surface area contributed by atoms with Gasteiger partial charge in [0.25, 0.3) is 0 Å². The first-order valence-electron chi connectivity index (χ1n) is 13.8. The van der Waals surface area contributed by atoms with E-state index in [2.05, 4.69) is 10.1 Å². The van der Waals surface area contributed by atoms with E-state index in [4.69, 9.17) is 30.9 Å². The lowest BCUT2D eigenvalue weighted by Gasteiger charge is -2.25. The highest BCUT2D eigenvalue weighted by atomic mass is 35.5. The Kier molecular flexibility index (Phi) is 9.19. The van der Waals surface area contributed by atoms with Crippen molar-refractivity contribution in [1.82, 2.24) is 14.9 Å². The highest BCUT2D eigenvalue weighted by molar-refractivity contribution is 6.30. The Labute approximate surface area is 247 Å². The highest BCUT2D eigenvalue weighted by Gasteiger charge is 2.35. The number of morpholine rings is 1. The number of carboxylic acids is 1. The number of hydrazone groups is 1. The van der Waals surface area contributed by atoms with Crippen molar-refractivity contribution in [2.24, 2.45) is 5.10 Å². The first-order valence-corrected chi connectivity index (χ1v) is 14.2. The minimum absolute atomic E-state index is 0.0202. The Morgan fingerprint density at radius 1 is 1.05 bits per heavy atom. The second-order valence-electron chi connectivity index (χ2n) is 9.90. The molecule has 0 saturated carbocycles. The molecule has 3 heterocycles. The highest BCUT2D eigenvalue weighted by Crippen LogP contribution is 2.38. The van der Waals surface area contributed by atoms with Crippen LogP contribution in [-0.2, 0) is 14.3 Å². The minimum atomic E-state index is -0.965. The number of aromatic nitrogens is 1. The summed E-state index contributed by atoms with van der Waals surface area (Å²) >= 11 is 6.68. The van der Waals surface area contributed by atoms with Crippen LogP contribution in [0.3, 0.4) is 0 Å². The van der Waals surface area contributed by atoms with Crippen LogP contribution in [0.2, 0.25) is 5.15 Å². The third-order valence-corrected chi connectivity index (χ3v) is 7.35. The molecule has 42 heavy (non-hydrogen) atoms. The maximum absolute atomic E-state index is 13.3. The first kappa shape index (κ1) is 29.3. The molecule has 2 aliphatic rings. The Bertz CT molecular complexity index is 1510. The molecule has 0 radical (unpaired) electrons. The Morgan fingerprint density at radius 3 is 2.50 bits per heavy atom. The number of ether oxygens (including phenoxy) is 3. The van der Waals surface area contributed by atoms with E-state index in [1.165, 1.54) is 5.01 Å². The number of rotatable bonds is 9. The van der Waals surface area contributed by atoms with E-state index < -0.39 is 18.1 Å². The molecule has 5 rings (SSSR count). The van der Waals surface area contributed by atoms with Crippen LogP contribution in [0, 0.1) is 0 Å². The van der Waals surface area contributed by atoms with E-state index in [1.54, 1.807) is 29.2 Å². The van der Waals surface area contributed by atoms with Gasteiger partial charge in [-0.3, -0.25) is 9.59 Å². The monoisotopic (exact) mass is 594 g/mol. The number of hydrogen-bond donors (Lipinski definition) is 1. The van der Waals surface area contributed by atoms with Crippen molar-refractivity contribution in [3.63, 3.8) is 0 Å². The van der Waals surface area contributed by atoms with Gasteiger partial charge in [0.2, 0.25) is 5.91 Å². The van der Waals surface area contributed by atoms with Crippen molar-refractivity contribution in [2.45, 2.75) is 38.6 Å². The second kappa shape index (κ2) is 13.2. The van der Waals surface area contributed by atoms with Gasteiger partial charge in [0.05, 0.1) is 37.1 Å². The molecule has 2 amide bonds. The molecule has 220 valence electrons. The van der Waals surface area contributed by atoms with E-state index in [1.807, 2.05) is 31.2 Å². The average Bonchev–Trinajstić information content (AvgIpc) is 3.43. The number of fused-ring (bicyclic) bond motifs is 1. The van der Waals surface area contributed by atoms with Crippen LogP contribution in [-0.4, -0.2) is 76.6 Å². The molecule has 0 spiro atoms. The predicted octanol–water partition coefficient (Wildman–Crippen LogP) is 5.05. The van der Waals surface area contributed by atoms with E-state index >= 15 is 0 Å². The Balaban J connectivity index is 1.38. The smallest absolute Gasteiger partial charge is 0.415 e. The number of amides is 2. The summed E-state index contributed by atoms with van der Waals surface area (Å²) in [6.45, 7) is 4.34. The summed E-state index contributed by atoms with van der Waals surface area (Å²) in [6.07, 6.45) is 0.0176. The van der Waals surface area contributed by atoms with Gasteiger partial charge < -0.3 is 24.2 Å². The van der Waals surface area contributed by atoms with Crippen LogP contribution in [0.5, 0.6) is 11.5 Å². The van der Waals surface area contributed by atoms with Gasteiger partial charge in [-0.2, -0.15) is 5.10 Å². The van der Waals surface area contributed by atoms with E-state index in [0.29, 0.717) is 67.6 Å². The quantitative estimate of drug-likeness (QED) is 0.341. The maximum Gasteiger partial charge on any atom is 0.415 e. The summed E-state index contributed by atoms with van der Waals surface area (Å²) in [4.78, 5) is 42.9. The Morgan fingerprint density at radius 2 is 1.79 bits per heavy atom. The molecule has 1 unspecified atom stereocenters. The van der Waals surface area contributed by atoms with Gasteiger partial charge in [-0.05, 0) is 61.4 Å². The zero-order valence-corrected chi connectivity index (χ0v) is 23.9. The number of nitrogens with zero attached hydrogens (tertiary/aromatic N) is 4. The minimum Gasteiger partial charge on any atom is -0.494 e. The number of carbonyl (C=O) groups is 3. The van der Waals surface area contributed by atoms with Gasteiger partial charge >= 0.3 is 12.1 Å². The molecule has 1 fully saturated rings. The normalized spacial score (nSPS) is 16.8. The first-order chi connectivity index (χ1) is 20.3. The van der Waals surface area contributed by atoms with Crippen LogP contribution in [0.15, 0.2) is 53.6 Å². The van der Waals surface area contributed by atoms with Crippen LogP contribution in [0.1, 0.15) is 49.8 Å². The zero-order chi connectivity index (χ0) is 29.6. The number of hydrogen-bond acceptors (Lipinski definition) is 8. The molecule has 2 aromatic carbocycles. The maximum atomic E-state index is 13.3. The van der Waals surface area contributed by atoms with Crippen LogP contribution in [0.4, 0.5) is 4.79 Å². The SMILES string of the molecule is CCOc1ccc2cc(C3CC(c4ccc(OC(=O)N5CCOCC5)cc4)=NN3C(=O)CCCC(=O)O)c(Cl)nc2c1. The molecule has 3 aromatic rings. The summed E-state index contributed by atoms with van der Waals surface area (Å²) in [5.41, 5.74) is 2.68. The molecule has 1 atom stereocenters. The predicted molar refractivity (Wildman–Crippen MR) is 155 cm³/mol. The molecule has 2 aliphatic heterocycles. The van der Waals surface area contributed by atoms with Gasteiger partial charge in [0.15, 0.2) is 0 Å². The number of pyridine rings is 1. The summed E-state index contributed by atoms with van der Waals surface area (Å²) < 4.78 is 16.4. The molecule has 11 nitrogen and oxygen atoms in total. The van der Waals surface area contributed by atoms with Crippen molar-refractivity contribution in [1.29, 1.82) is 0 Å². The van der Waals surface area contributed by atoms with Gasteiger partial charge in [-0.1, -0.05) is 11.6 Å². The number of carbonyl (C=O) groups excluding carboxylic acids is 2. The topological polar surface area (TPSA) is 131 Å². The van der Waals surface area contributed by atoms with E-state index in [0.717, 1.165) is 10.9 Å². The lowest BCUT2D eigenvalue weighted by atomic mass is 9.98. The van der Waals surface area contributed by atoms with Gasteiger partial charge in [-0.15, -0.1) is 0 Å². The fourth-order valence-corrected chi connectivity index (χ4v) is 5.19. The van der Waals surface area contributed by atoms with Crippen molar-refractivity contribution in [3.8, 4) is 11.5 Å². The molecule has 0 aliphatic carbocycles. The summed E-state index contributed by atoms with van der Waals surface area (Å²) in [5, 5.41) is 16.1. The van der Waals surface area contributed by atoms with Crippen LogP contribution >= 0.6 is 11.6 Å². The molecule has 1 saturated heterocycles. The fraction of sp³-hybridized carbons (Fsp3) is 0.367. The van der Waals surface area contributed by atoms with Gasteiger partial charge in [-0.25, -0.2) is 14.8 Å². The summed E-state index contributed by atoms with van der Waals surface area (Å²) in [5.74, 6) is -0.204. The lowest BCUT2D eigenvalue weighted by molar-refractivity contribution is -0.137. The number of carboxylic acid groups (broad SMARTS) is 1. The molecule has 1 aromatic heterocycles. The average molecular weight is 595 g/mol.